The first-order chi connectivity index (χ1) is 9.19. The molecule has 2 rings (SSSR count). The number of pyridine rings is 1. The Labute approximate surface area is 117 Å². The van der Waals surface area contributed by atoms with Gasteiger partial charge in [-0.15, -0.1) is 0 Å². The first-order valence-corrected chi connectivity index (χ1v) is 7.40. The van der Waals surface area contributed by atoms with Crippen LogP contribution in [-0.4, -0.2) is 17.1 Å². The molecule has 1 aromatic carbocycles. The quantitative estimate of drug-likeness (QED) is 0.926. The lowest BCUT2D eigenvalue weighted by Crippen LogP contribution is -2.13. The van der Waals surface area contributed by atoms with Gasteiger partial charge >= 0.3 is 0 Å². The number of aromatic nitrogens is 1. The number of nitrogens with zero attached hydrogens (tertiary/aromatic N) is 1. The van der Waals surface area contributed by atoms with E-state index in [4.69, 9.17) is 0 Å². The summed E-state index contributed by atoms with van der Waals surface area (Å²) in [5.74, 6) is 1.36. The number of carbonyl (C=O) groups is 1. The van der Waals surface area contributed by atoms with Crippen molar-refractivity contribution in [2.24, 2.45) is 0 Å². The molecule has 0 saturated heterocycles. The van der Waals surface area contributed by atoms with Gasteiger partial charge in [0.1, 0.15) is 5.82 Å². The van der Waals surface area contributed by atoms with Crippen LogP contribution in [-0.2, 0) is 5.75 Å². The summed E-state index contributed by atoms with van der Waals surface area (Å²) in [6.45, 7) is 1.96. The molecule has 0 fully saturated rings. The summed E-state index contributed by atoms with van der Waals surface area (Å²) in [5, 5.41) is 2.80. The van der Waals surface area contributed by atoms with Crippen molar-refractivity contribution in [2.75, 3.05) is 11.6 Å². The average molecular weight is 272 g/mol. The van der Waals surface area contributed by atoms with Gasteiger partial charge in [-0.1, -0.05) is 18.2 Å². The minimum atomic E-state index is -0.126. The summed E-state index contributed by atoms with van der Waals surface area (Å²) >= 11 is 1.74. The van der Waals surface area contributed by atoms with Crippen molar-refractivity contribution in [3.8, 4) is 0 Å². The van der Waals surface area contributed by atoms with E-state index in [1.165, 1.54) is 0 Å². The number of amides is 1. The van der Waals surface area contributed by atoms with Gasteiger partial charge in [0.2, 0.25) is 0 Å². The van der Waals surface area contributed by atoms with E-state index in [1.54, 1.807) is 24.0 Å². The number of anilines is 1. The van der Waals surface area contributed by atoms with Gasteiger partial charge in [0.25, 0.3) is 5.91 Å². The molecule has 0 radical (unpaired) electrons. The highest BCUT2D eigenvalue weighted by Crippen LogP contribution is 2.13. The molecule has 0 aliphatic rings. The summed E-state index contributed by atoms with van der Waals surface area (Å²) in [4.78, 5) is 16.3. The molecule has 4 heteroatoms. The number of nitrogens with one attached hydrogen (secondary N) is 1. The second-order valence-electron chi connectivity index (χ2n) is 4.31. The normalized spacial score (nSPS) is 10.2. The molecule has 0 atom stereocenters. The van der Waals surface area contributed by atoms with Gasteiger partial charge in [0.15, 0.2) is 0 Å². The highest BCUT2D eigenvalue weighted by molar-refractivity contribution is 7.97. The van der Waals surface area contributed by atoms with Crippen LogP contribution < -0.4 is 5.32 Å². The lowest BCUT2D eigenvalue weighted by Gasteiger charge is -2.06. The fourth-order valence-corrected chi connectivity index (χ4v) is 2.21. The van der Waals surface area contributed by atoms with Crippen molar-refractivity contribution in [1.29, 1.82) is 0 Å². The Hall–Kier alpha value is -1.81. The lowest BCUT2D eigenvalue weighted by molar-refractivity contribution is 0.102. The molecule has 1 N–H and O–H groups in total. The van der Waals surface area contributed by atoms with E-state index in [2.05, 4.69) is 10.3 Å². The molecule has 19 heavy (non-hydrogen) atoms. The molecule has 1 heterocycles. The van der Waals surface area contributed by atoms with Crippen molar-refractivity contribution in [3.63, 3.8) is 0 Å². The van der Waals surface area contributed by atoms with E-state index < -0.39 is 0 Å². The number of aryl methyl sites for hydroxylation is 1. The Morgan fingerprint density at radius 1 is 1.32 bits per heavy atom. The molecule has 0 aliphatic carbocycles. The lowest BCUT2D eigenvalue weighted by atomic mass is 10.1. The second kappa shape index (κ2) is 6.38. The zero-order chi connectivity index (χ0) is 13.7. The van der Waals surface area contributed by atoms with Gasteiger partial charge < -0.3 is 5.32 Å². The second-order valence-corrected chi connectivity index (χ2v) is 5.17. The Morgan fingerprint density at radius 2 is 2.16 bits per heavy atom. The van der Waals surface area contributed by atoms with E-state index >= 15 is 0 Å². The van der Waals surface area contributed by atoms with E-state index in [-0.39, 0.29) is 5.91 Å². The highest BCUT2D eigenvalue weighted by Gasteiger charge is 2.07. The number of benzene rings is 1. The van der Waals surface area contributed by atoms with Crippen LogP contribution in [0.4, 0.5) is 5.82 Å². The van der Waals surface area contributed by atoms with Crippen LogP contribution in [0.1, 0.15) is 21.5 Å². The zero-order valence-electron chi connectivity index (χ0n) is 11.0. The summed E-state index contributed by atoms with van der Waals surface area (Å²) in [6, 6.07) is 11.4. The van der Waals surface area contributed by atoms with Crippen LogP contribution in [0.2, 0.25) is 0 Å². The maximum atomic E-state index is 12.1. The Kier molecular flexibility index (Phi) is 4.58. The number of hydrogen-bond acceptors (Lipinski definition) is 3. The molecule has 0 aliphatic heterocycles. The third kappa shape index (κ3) is 3.83. The molecule has 1 aromatic heterocycles. The molecule has 3 nitrogen and oxygen atoms in total. The SMILES string of the molecule is CSCc1cccc(C(=O)Nc2ccc(C)cn2)c1. The predicted molar refractivity (Wildman–Crippen MR) is 80.6 cm³/mol. The molecule has 0 unspecified atom stereocenters. The highest BCUT2D eigenvalue weighted by atomic mass is 32.2. The topological polar surface area (TPSA) is 42.0 Å². The number of hydrogen-bond donors (Lipinski definition) is 1. The van der Waals surface area contributed by atoms with Crippen molar-refractivity contribution < 1.29 is 4.79 Å². The smallest absolute Gasteiger partial charge is 0.256 e. The van der Waals surface area contributed by atoms with Gasteiger partial charge in [-0.05, 0) is 42.5 Å². The van der Waals surface area contributed by atoms with Crippen LogP contribution in [0.15, 0.2) is 42.6 Å². The Balaban J connectivity index is 2.11. The molecule has 98 valence electrons. The van der Waals surface area contributed by atoms with Crippen LogP contribution in [0.25, 0.3) is 0 Å². The predicted octanol–water partition coefficient (Wildman–Crippen LogP) is 3.51. The number of thioether (sulfide) groups is 1. The number of rotatable bonds is 4. The number of carbonyl (C=O) groups excluding carboxylic acids is 1. The van der Waals surface area contributed by atoms with Crippen LogP contribution >= 0.6 is 11.8 Å². The maximum Gasteiger partial charge on any atom is 0.256 e. The van der Waals surface area contributed by atoms with Crippen molar-refractivity contribution in [2.45, 2.75) is 12.7 Å². The molecular formula is C15H16N2OS. The van der Waals surface area contributed by atoms with Gasteiger partial charge in [-0.2, -0.15) is 11.8 Å². The standard InChI is InChI=1S/C15H16N2OS/c1-11-6-7-14(16-9-11)17-15(18)13-5-3-4-12(8-13)10-19-2/h3-9H,10H2,1-2H3,(H,16,17,18). The van der Waals surface area contributed by atoms with E-state index in [9.17, 15) is 4.79 Å². The van der Waals surface area contributed by atoms with E-state index in [1.807, 2.05) is 43.5 Å². The first kappa shape index (κ1) is 13.6. The van der Waals surface area contributed by atoms with Crippen LogP contribution in [0.5, 0.6) is 0 Å². The first-order valence-electron chi connectivity index (χ1n) is 6.01. The molecule has 0 spiro atoms. The van der Waals surface area contributed by atoms with E-state index in [0.29, 0.717) is 11.4 Å². The largest absolute Gasteiger partial charge is 0.307 e. The minimum Gasteiger partial charge on any atom is -0.307 e. The fraction of sp³-hybridized carbons (Fsp3) is 0.200. The van der Waals surface area contributed by atoms with Crippen LogP contribution in [0, 0.1) is 6.92 Å². The van der Waals surface area contributed by atoms with Gasteiger partial charge in [0, 0.05) is 17.5 Å². The maximum absolute atomic E-state index is 12.1. The zero-order valence-corrected chi connectivity index (χ0v) is 11.8. The fourth-order valence-electron chi connectivity index (χ4n) is 1.70. The Morgan fingerprint density at radius 3 is 2.84 bits per heavy atom. The van der Waals surface area contributed by atoms with Crippen LogP contribution in [0.3, 0.4) is 0 Å². The third-order valence-electron chi connectivity index (χ3n) is 2.65. The minimum absolute atomic E-state index is 0.126. The van der Waals surface area contributed by atoms with Gasteiger partial charge in [-0.3, -0.25) is 4.79 Å². The molecule has 0 bridgehead atoms. The summed E-state index contributed by atoms with van der Waals surface area (Å²) < 4.78 is 0. The van der Waals surface area contributed by atoms with Gasteiger partial charge in [0.05, 0.1) is 0 Å². The third-order valence-corrected chi connectivity index (χ3v) is 3.28. The molecule has 2 aromatic rings. The molecule has 0 saturated carbocycles. The average Bonchev–Trinajstić information content (AvgIpc) is 2.42. The van der Waals surface area contributed by atoms with E-state index in [0.717, 1.165) is 16.9 Å². The molecule has 1 amide bonds. The Bertz CT molecular complexity index is 567. The van der Waals surface area contributed by atoms with Gasteiger partial charge in [-0.25, -0.2) is 4.98 Å². The monoisotopic (exact) mass is 272 g/mol. The van der Waals surface area contributed by atoms with Crippen molar-refractivity contribution >= 4 is 23.5 Å². The molecular weight excluding hydrogens is 256 g/mol. The van der Waals surface area contributed by atoms with Crippen molar-refractivity contribution in [1.82, 2.24) is 4.98 Å². The summed E-state index contributed by atoms with van der Waals surface area (Å²) in [6.07, 6.45) is 3.78. The summed E-state index contributed by atoms with van der Waals surface area (Å²) in [7, 11) is 0. The summed E-state index contributed by atoms with van der Waals surface area (Å²) in [5.41, 5.74) is 2.88. The van der Waals surface area contributed by atoms with Crippen molar-refractivity contribution in [3.05, 3.63) is 59.3 Å².